The number of benzene rings is 1. The molecule has 0 amide bonds. The first-order valence-corrected chi connectivity index (χ1v) is 6.74. The smallest absolute Gasteiger partial charge is 0.453 e. The number of alkyl halides is 3. The number of hydrogen-bond donors (Lipinski definition) is 1. The van der Waals surface area contributed by atoms with Gasteiger partial charge in [0.1, 0.15) is 5.75 Å². The van der Waals surface area contributed by atoms with E-state index >= 15 is 0 Å². The molecule has 2 rings (SSSR count). The van der Waals surface area contributed by atoms with Crippen molar-refractivity contribution < 1.29 is 17.9 Å². The molecule has 0 atom stereocenters. The quantitative estimate of drug-likeness (QED) is 0.688. The van der Waals surface area contributed by atoms with E-state index in [0.717, 1.165) is 0 Å². The molecule has 1 aromatic heterocycles. The second-order valence-electron chi connectivity index (χ2n) is 4.65. The van der Waals surface area contributed by atoms with E-state index in [0.29, 0.717) is 16.0 Å². The minimum absolute atomic E-state index is 0.00786. The van der Waals surface area contributed by atoms with Gasteiger partial charge in [0.25, 0.3) is 5.82 Å². The molecule has 0 saturated heterocycles. The Hall–Kier alpha value is -2.16. The first kappa shape index (κ1) is 16.2. The summed E-state index contributed by atoms with van der Waals surface area (Å²) in [5.41, 5.74) is 0.578. The monoisotopic (exact) mass is 330 g/mol. The van der Waals surface area contributed by atoms with Crippen LogP contribution in [-0.2, 0) is 6.18 Å². The number of nitrogens with one attached hydrogen (secondary N) is 1. The topological polar surface area (TPSA) is 55.2 Å². The maximum atomic E-state index is 12.8. The van der Waals surface area contributed by atoms with Crippen LogP contribution in [-0.4, -0.2) is 27.2 Å². The number of ether oxygens (including phenoxy) is 1. The molecule has 1 aromatic carbocycles. The Morgan fingerprint density at radius 1 is 1.41 bits per heavy atom. The summed E-state index contributed by atoms with van der Waals surface area (Å²) in [6.07, 6.45) is -3.40. The van der Waals surface area contributed by atoms with Crippen molar-refractivity contribution in [2.75, 3.05) is 0 Å². The highest BCUT2D eigenvalue weighted by atomic mass is 32.1. The predicted molar refractivity (Wildman–Crippen MR) is 77.6 cm³/mol. The Kier molecular flexibility index (Phi) is 4.65. The summed E-state index contributed by atoms with van der Waals surface area (Å²) in [4.78, 5) is 0. The van der Waals surface area contributed by atoms with Crippen LogP contribution in [0.15, 0.2) is 29.4 Å². The Morgan fingerprint density at radius 2 is 2.14 bits per heavy atom. The molecule has 0 radical (unpaired) electrons. The lowest BCUT2D eigenvalue weighted by molar-refractivity contribution is -0.147. The molecule has 22 heavy (non-hydrogen) atoms. The molecule has 0 aliphatic rings. The van der Waals surface area contributed by atoms with Gasteiger partial charge in [0.15, 0.2) is 0 Å². The van der Waals surface area contributed by atoms with Crippen LogP contribution in [0.25, 0.3) is 0 Å². The zero-order valence-electron chi connectivity index (χ0n) is 11.8. The predicted octanol–water partition coefficient (Wildman–Crippen LogP) is 3.63. The molecule has 9 heteroatoms. The van der Waals surface area contributed by atoms with Crippen LogP contribution >= 0.6 is 12.2 Å². The van der Waals surface area contributed by atoms with Crippen molar-refractivity contribution >= 4 is 18.4 Å². The van der Waals surface area contributed by atoms with Crippen LogP contribution < -0.4 is 4.74 Å². The lowest BCUT2D eigenvalue weighted by atomic mass is 10.2. The van der Waals surface area contributed by atoms with Gasteiger partial charge in [-0.2, -0.15) is 22.9 Å². The van der Waals surface area contributed by atoms with E-state index in [4.69, 9.17) is 17.0 Å². The summed E-state index contributed by atoms with van der Waals surface area (Å²) in [6, 6.07) is 6.83. The van der Waals surface area contributed by atoms with Crippen LogP contribution in [0, 0.1) is 4.77 Å². The van der Waals surface area contributed by atoms with Gasteiger partial charge in [0.05, 0.1) is 12.3 Å². The summed E-state index contributed by atoms with van der Waals surface area (Å²) in [7, 11) is 0. The van der Waals surface area contributed by atoms with E-state index in [1.807, 2.05) is 13.8 Å². The zero-order chi connectivity index (χ0) is 16.3. The molecule has 0 fully saturated rings. The fraction of sp³-hybridized carbons (Fsp3) is 0.308. The van der Waals surface area contributed by atoms with Crippen LogP contribution in [0.4, 0.5) is 13.2 Å². The fourth-order valence-corrected chi connectivity index (χ4v) is 1.83. The van der Waals surface area contributed by atoms with Gasteiger partial charge in [0.2, 0.25) is 4.77 Å². The van der Waals surface area contributed by atoms with Crippen molar-refractivity contribution in [3.05, 3.63) is 40.4 Å². The first-order chi connectivity index (χ1) is 10.3. The van der Waals surface area contributed by atoms with Gasteiger partial charge in [0, 0.05) is 0 Å². The Balaban J connectivity index is 2.30. The van der Waals surface area contributed by atoms with Gasteiger partial charge in [-0.05, 0) is 43.8 Å². The summed E-state index contributed by atoms with van der Waals surface area (Å²) in [5, 5.41) is 8.95. The standard InChI is InChI=1S/C13H13F3N4OS/c1-8(2)21-10-5-3-4-9(6-10)7-17-20-11(13(14,15)16)18-19-12(20)22/h3-8H,1-2H3,(H,19,22)/b17-7-. The molecule has 0 aliphatic carbocycles. The number of aromatic nitrogens is 3. The highest BCUT2D eigenvalue weighted by molar-refractivity contribution is 7.71. The molecule has 1 heterocycles. The molecule has 5 nitrogen and oxygen atoms in total. The molecule has 0 unspecified atom stereocenters. The molecule has 118 valence electrons. The van der Waals surface area contributed by atoms with Crippen molar-refractivity contribution in [2.24, 2.45) is 5.10 Å². The van der Waals surface area contributed by atoms with E-state index in [9.17, 15) is 13.2 Å². The third kappa shape index (κ3) is 3.94. The van der Waals surface area contributed by atoms with Crippen molar-refractivity contribution in [3.63, 3.8) is 0 Å². The van der Waals surface area contributed by atoms with Gasteiger partial charge in [-0.15, -0.1) is 5.10 Å². The SMILES string of the molecule is CC(C)Oc1cccc(/C=N\n2c(C(F)(F)F)n[nH]c2=S)c1. The minimum atomic E-state index is -4.65. The van der Waals surface area contributed by atoms with Gasteiger partial charge < -0.3 is 4.74 Å². The largest absolute Gasteiger partial charge is 0.491 e. The maximum absolute atomic E-state index is 12.8. The third-order valence-electron chi connectivity index (χ3n) is 2.46. The molecular weight excluding hydrogens is 317 g/mol. The third-order valence-corrected chi connectivity index (χ3v) is 2.72. The number of rotatable bonds is 4. The number of aromatic amines is 1. The van der Waals surface area contributed by atoms with E-state index in [1.54, 1.807) is 24.3 Å². The minimum Gasteiger partial charge on any atom is -0.491 e. The molecule has 0 aliphatic heterocycles. The molecular formula is C13H13F3N4OS. The number of hydrogen-bond acceptors (Lipinski definition) is 4. The molecule has 2 aromatic rings. The van der Waals surface area contributed by atoms with E-state index in [-0.39, 0.29) is 10.9 Å². The summed E-state index contributed by atoms with van der Waals surface area (Å²) < 4.78 is 44.1. The molecule has 0 bridgehead atoms. The lowest BCUT2D eigenvalue weighted by Crippen LogP contribution is -2.12. The van der Waals surface area contributed by atoms with E-state index < -0.39 is 12.0 Å². The zero-order valence-corrected chi connectivity index (χ0v) is 12.6. The molecule has 1 N–H and O–H groups in total. The van der Waals surface area contributed by atoms with Gasteiger partial charge in [-0.1, -0.05) is 12.1 Å². The van der Waals surface area contributed by atoms with Crippen molar-refractivity contribution in [1.82, 2.24) is 14.9 Å². The highest BCUT2D eigenvalue weighted by Gasteiger charge is 2.37. The number of nitrogens with zero attached hydrogens (tertiary/aromatic N) is 3. The average molecular weight is 330 g/mol. The molecule has 0 saturated carbocycles. The summed E-state index contributed by atoms with van der Waals surface area (Å²) in [6.45, 7) is 3.75. The van der Waals surface area contributed by atoms with Crippen LogP contribution in [0.1, 0.15) is 25.2 Å². The Morgan fingerprint density at radius 3 is 2.77 bits per heavy atom. The van der Waals surface area contributed by atoms with Gasteiger partial charge in [-0.25, -0.2) is 5.10 Å². The number of H-pyrrole nitrogens is 1. The van der Waals surface area contributed by atoms with Crippen LogP contribution in [0.3, 0.4) is 0 Å². The van der Waals surface area contributed by atoms with Gasteiger partial charge >= 0.3 is 6.18 Å². The summed E-state index contributed by atoms with van der Waals surface area (Å²) in [5.74, 6) is -0.603. The average Bonchev–Trinajstić information content (AvgIpc) is 2.77. The number of halogens is 3. The first-order valence-electron chi connectivity index (χ1n) is 6.33. The van der Waals surface area contributed by atoms with Crippen LogP contribution in [0.5, 0.6) is 5.75 Å². The molecule has 0 spiro atoms. The fourth-order valence-electron chi connectivity index (χ4n) is 1.65. The normalized spacial score (nSPS) is 12.3. The maximum Gasteiger partial charge on any atom is 0.453 e. The Labute approximate surface area is 129 Å². The second-order valence-corrected chi connectivity index (χ2v) is 5.03. The lowest BCUT2D eigenvalue weighted by Gasteiger charge is -2.09. The van der Waals surface area contributed by atoms with Crippen molar-refractivity contribution in [3.8, 4) is 5.75 Å². The van der Waals surface area contributed by atoms with E-state index in [1.165, 1.54) is 6.21 Å². The van der Waals surface area contributed by atoms with Crippen LogP contribution in [0.2, 0.25) is 0 Å². The van der Waals surface area contributed by atoms with Crippen molar-refractivity contribution in [1.29, 1.82) is 0 Å². The second kappa shape index (κ2) is 6.30. The highest BCUT2D eigenvalue weighted by Crippen LogP contribution is 2.27. The van der Waals surface area contributed by atoms with Gasteiger partial charge in [-0.3, -0.25) is 0 Å². The van der Waals surface area contributed by atoms with Crippen molar-refractivity contribution in [2.45, 2.75) is 26.1 Å². The summed E-state index contributed by atoms with van der Waals surface area (Å²) >= 11 is 4.75. The Bertz CT molecular complexity index is 733. The van der Waals surface area contributed by atoms with E-state index in [2.05, 4.69) is 15.3 Å².